The molecule has 0 saturated heterocycles. The van der Waals surface area contributed by atoms with E-state index in [1.165, 1.54) is 49.7 Å². The molecule has 1 rings (SSSR count). The Kier molecular flexibility index (Phi) is 6.22. The molecule has 0 heteroatoms. The van der Waals surface area contributed by atoms with Crippen molar-refractivity contribution in [3.8, 4) is 0 Å². The average molecular weight is 218 g/mol. The summed E-state index contributed by atoms with van der Waals surface area (Å²) in [6.45, 7) is 6.85. The van der Waals surface area contributed by atoms with Crippen molar-refractivity contribution in [1.82, 2.24) is 0 Å². The van der Waals surface area contributed by atoms with Gasteiger partial charge in [0.15, 0.2) is 0 Å². The Morgan fingerprint density at radius 2 is 1.38 bits per heavy atom. The molecule has 0 radical (unpaired) electrons. The molecule has 0 aromatic heterocycles. The highest BCUT2D eigenvalue weighted by Crippen LogP contribution is 2.12. The average Bonchev–Trinajstić information content (AvgIpc) is 2.27. The van der Waals surface area contributed by atoms with Crippen LogP contribution in [0.15, 0.2) is 24.3 Å². The van der Waals surface area contributed by atoms with Crippen LogP contribution in [-0.2, 0) is 12.8 Å². The van der Waals surface area contributed by atoms with Crippen LogP contribution in [0.5, 0.6) is 0 Å². The van der Waals surface area contributed by atoms with Gasteiger partial charge in [0.2, 0.25) is 0 Å². The van der Waals surface area contributed by atoms with Gasteiger partial charge in [-0.2, -0.15) is 0 Å². The first-order chi connectivity index (χ1) is 7.72. The van der Waals surface area contributed by atoms with Crippen molar-refractivity contribution in [2.75, 3.05) is 0 Å². The van der Waals surface area contributed by atoms with Gasteiger partial charge in [-0.1, -0.05) is 57.9 Å². The van der Waals surface area contributed by atoms with Gasteiger partial charge in [-0.15, -0.1) is 0 Å². The topological polar surface area (TPSA) is 0 Å². The standard InChI is InChI=1S/C16H26/c1-4-5-8-15-10-12-16(13-11-15)9-6-7-14(2)3/h10-14H,4-9H2,1-3H3. The van der Waals surface area contributed by atoms with Crippen LogP contribution >= 0.6 is 0 Å². The molecule has 90 valence electrons. The van der Waals surface area contributed by atoms with Gasteiger partial charge < -0.3 is 0 Å². The Morgan fingerprint density at radius 3 is 1.81 bits per heavy atom. The molecular weight excluding hydrogens is 192 g/mol. The fraction of sp³-hybridized carbons (Fsp3) is 0.625. The zero-order valence-electron chi connectivity index (χ0n) is 11.1. The van der Waals surface area contributed by atoms with Crippen molar-refractivity contribution in [3.63, 3.8) is 0 Å². The number of benzene rings is 1. The Hall–Kier alpha value is -0.780. The van der Waals surface area contributed by atoms with Gasteiger partial charge in [-0.25, -0.2) is 0 Å². The molecule has 0 N–H and O–H groups in total. The highest BCUT2D eigenvalue weighted by atomic mass is 14.0. The number of aryl methyl sites for hydroxylation is 2. The maximum absolute atomic E-state index is 2.31. The summed E-state index contributed by atoms with van der Waals surface area (Å²) in [5.41, 5.74) is 3.00. The van der Waals surface area contributed by atoms with Crippen LogP contribution in [0.2, 0.25) is 0 Å². The molecule has 1 aromatic carbocycles. The number of hydrogen-bond donors (Lipinski definition) is 0. The zero-order valence-corrected chi connectivity index (χ0v) is 11.1. The smallest absolute Gasteiger partial charge is 0.0279 e. The summed E-state index contributed by atoms with van der Waals surface area (Å²) in [6.07, 6.45) is 7.75. The molecule has 0 unspecified atom stereocenters. The lowest BCUT2D eigenvalue weighted by molar-refractivity contribution is 0.556. The van der Waals surface area contributed by atoms with Gasteiger partial charge in [-0.3, -0.25) is 0 Å². The van der Waals surface area contributed by atoms with E-state index in [0.717, 1.165) is 5.92 Å². The van der Waals surface area contributed by atoms with Gasteiger partial charge in [0.25, 0.3) is 0 Å². The van der Waals surface area contributed by atoms with Crippen molar-refractivity contribution >= 4 is 0 Å². The minimum absolute atomic E-state index is 0.837. The third kappa shape index (κ3) is 5.34. The van der Waals surface area contributed by atoms with Crippen molar-refractivity contribution in [3.05, 3.63) is 35.4 Å². The lowest BCUT2D eigenvalue weighted by atomic mass is 10.0. The first-order valence-electron chi connectivity index (χ1n) is 6.80. The Labute approximate surface area is 101 Å². The van der Waals surface area contributed by atoms with Crippen LogP contribution in [0, 0.1) is 5.92 Å². The zero-order chi connectivity index (χ0) is 11.8. The van der Waals surface area contributed by atoms with Crippen LogP contribution in [0.4, 0.5) is 0 Å². The van der Waals surface area contributed by atoms with Crippen LogP contribution in [0.25, 0.3) is 0 Å². The summed E-state index contributed by atoms with van der Waals surface area (Å²) in [5.74, 6) is 0.837. The van der Waals surface area contributed by atoms with Crippen molar-refractivity contribution in [2.45, 2.75) is 59.3 Å². The fourth-order valence-electron chi connectivity index (χ4n) is 1.97. The van der Waals surface area contributed by atoms with E-state index >= 15 is 0 Å². The van der Waals surface area contributed by atoms with E-state index in [4.69, 9.17) is 0 Å². The number of unbranched alkanes of at least 4 members (excludes halogenated alkanes) is 1. The molecule has 0 atom stereocenters. The highest BCUT2D eigenvalue weighted by Gasteiger charge is 1.97. The summed E-state index contributed by atoms with van der Waals surface area (Å²) in [7, 11) is 0. The van der Waals surface area contributed by atoms with Gasteiger partial charge in [-0.05, 0) is 42.7 Å². The van der Waals surface area contributed by atoms with E-state index in [2.05, 4.69) is 45.0 Å². The molecule has 0 aliphatic rings. The van der Waals surface area contributed by atoms with E-state index in [0.29, 0.717) is 0 Å². The second-order valence-corrected chi connectivity index (χ2v) is 5.21. The summed E-state index contributed by atoms with van der Waals surface area (Å²) in [4.78, 5) is 0. The molecule has 0 heterocycles. The minimum Gasteiger partial charge on any atom is -0.0654 e. The van der Waals surface area contributed by atoms with E-state index in [1.807, 2.05) is 0 Å². The van der Waals surface area contributed by atoms with Crippen molar-refractivity contribution in [1.29, 1.82) is 0 Å². The summed E-state index contributed by atoms with van der Waals surface area (Å²) < 4.78 is 0. The molecule has 0 nitrogen and oxygen atoms in total. The maximum Gasteiger partial charge on any atom is -0.0279 e. The molecule has 0 fully saturated rings. The molecule has 0 aliphatic heterocycles. The Bertz CT molecular complexity index is 269. The number of rotatable bonds is 7. The molecule has 0 saturated carbocycles. The molecule has 0 aliphatic carbocycles. The lowest BCUT2D eigenvalue weighted by Crippen LogP contribution is -1.91. The lowest BCUT2D eigenvalue weighted by Gasteiger charge is -2.06. The maximum atomic E-state index is 2.31. The van der Waals surface area contributed by atoms with Gasteiger partial charge in [0.1, 0.15) is 0 Å². The van der Waals surface area contributed by atoms with Gasteiger partial charge in [0.05, 0.1) is 0 Å². The summed E-state index contributed by atoms with van der Waals surface area (Å²) in [6, 6.07) is 9.23. The van der Waals surface area contributed by atoms with Crippen molar-refractivity contribution < 1.29 is 0 Å². The fourth-order valence-corrected chi connectivity index (χ4v) is 1.97. The first kappa shape index (κ1) is 13.3. The molecule has 16 heavy (non-hydrogen) atoms. The predicted octanol–water partition coefficient (Wildman–Crippen LogP) is 5.01. The Balaban J connectivity index is 2.33. The van der Waals surface area contributed by atoms with E-state index < -0.39 is 0 Å². The summed E-state index contributed by atoms with van der Waals surface area (Å²) >= 11 is 0. The molecule has 0 spiro atoms. The third-order valence-electron chi connectivity index (χ3n) is 3.09. The molecular formula is C16H26. The Morgan fingerprint density at radius 1 is 0.875 bits per heavy atom. The minimum atomic E-state index is 0.837. The molecule has 1 aromatic rings. The third-order valence-corrected chi connectivity index (χ3v) is 3.09. The predicted molar refractivity (Wildman–Crippen MR) is 72.8 cm³/mol. The second kappa shape index (κ2) is 7.49. The largest absolute Gasteiger partial charge is 0.0654 e. The first-order valence-corrected chi connectivity index (χ1v) is 6.80. The monoisotopic (exact) mass is 218 g/mol. The summed E-state index contributed by atoms with van der Waals surface area (Å²) in [5, 5.41) is 0. The van der Waals surface area contributed by atoms with Crippen LogP contribution < -0.4 is 0 Å². The normalized spacial score (nSPS) is 11.0. The molecule has 0 bridgehead atoms. The van der Waals surface area contributed by atoms with E-state index in [-0.39, 0.29) is 0 Å². The quantitative estimate of drug-likeness (QED) is 0.603. The van der Waals surface area contributed by atoms with E-state index in [1.54, 1.807) is 0 Å². The SMILES string of the molecule is CCCCc1ccc(CCCC(C)C)cc1. The van der Waals surface area contributed by atoms with Crippen LogP contribution in [-0.4, -0.2) is 0 Å². The van der Waals surface area contributed by atoms with Crippen LogP contribution in [0.1, 0.15) is 57.6 Å². The van der Waals surface area contributed by atoms with Crippen molar-refractivity contribution in [2.24, 2.45) is 5.92 Å². The second-order valence-electron chi connectivity index (χ2n) is 5.21. The highest BCUT2D eigenvalue weighted by molar-refractivity contribution is 5.22. The number of hydrogen-bond acceptors (Lipinski definition) is 0. The van der Waals surface area contributed by atoms with Gasteiger partial charge in [0, 0.05) is 0 Å². The van der Waals surface area contributed by atoms with Crippen LogP contribution in [0.3, 0.4) is 0 Å². The molecule has 0 amide bonds. The van der Waals surface area contributed by atoms with E-state index in [9.17, 15) is 0 Å². The van der Waals surface area contributed by atoms with Gasteiger partial charge >= 0.3 is 0 Å².